The molecule has 0 spiro atoms. The molecule has 0 saturated heterocycles. The highest BCUT2D eigenvalue weighted by Crippen LogP contribution is 2.38. The van der Waals surface area contributed by atoms with Crippen molar-refractivity contribution in [2.75, 3.05) is 5.84 Å². The van der Waals surface area contributed by atoms with Crippen molar-refractivity contribution < 1.29 is 4.42 Å². The van der Waals surface area contributed by atoms with Gasteiger partial charge in [-0.1, -0.05) is 67.6 Å². The van der Waals surface area contributed by atoms with Gasteiger partial charge < -0.3 is 10.3 Å². The summed E-state index contributed by atoms with van der Waals surface area (Å²) in [4.78, 5) is 4.54. The largest absolute Gasteiger partial charge is 0.437 e. The average molecular weight is 330 g/mol. The standard InChI is InChI=1S/C20H18N4O/c1-2-15-23-20-17(19(21)24(15)22)16(13-9-5-3-6-10-13)18(25-20)14-11-7-4-8-12-14/h3-12,21H,2,22H2,1H3. The van der Waals surface area contributed by atoms with Crippen molar-refractivity contribution in [3.05, 3.63) is 72.0 Å². The Hall–Kier alpha value is -3.34. The number of nitrogens with one attached hydrogen (secondary N) is 1. The Balaban J connectivity index is 2.15. The Kier molecular flexibility index (Phi) is 3.61. The van der Waals surface area contributed by atoms with E-state index in [9.17, 15) is 0 Å². The smallest absolute Gasteiger partial charge is 0.232 e. The highest BCUT2D eigenvalue weighted by atomic mass is 16.3. The van der Waals surface area contributed by atoms with E-state index in [1.54, 1.807) is 0 Å². The number of nitrogen functional groups attached to an aromatic ring is 1. The van der Waals surface area contributed by atoms with Gasteiger partial charge in [-0.3, -0.25) is 5.41 Å². The lowest BCUT2D eigenvalue weighted by molar-refractivity contribution is 0.609. The van der Waals surface area contributed by atoms with Crippen molar-refractivity contribution in [1.82, 2.24) is 9.66 Å². The molecule has 0 amide bonds. The molecule has 2 aromatic carbocycles. The van der Waals surface area contributed by atoms with Crippen LogP contribution in [-0.4, -0.2) is 9.66 Å². The normalized spacial score (nSPS) is 11.1. The molecule has 0 aliphatic carbocycles. The van der Waals surface area contributed by atoms with Gasteiger partial charge in [-0.25, -0.2) is 4.68 Å². The first-order chi connectivity index (χ1) is 12.2. The van der Waals surface area contributed by atoms with Gasteiger partial charge in [0, 0.05) is 17.5 Å². The number of nitrogens with two attached hydrogens (primary N) is 1. The van der Waals surface area contributed by atoms with Gasteiger partial charge in [0.25, 0.3) is 0 Å². The van der Waals surface area contributed by atoms with Crippen LogP contribution in [0.2, 0.25) is 0 Å². The SMILES string of the molecule is CCc1nc2oc(-c3ccccc3)c(-c3ccccc3)c2c(=N)n1N. The summed E-state index contributed by atoms with van der Waals surface area (Å²) in [5.41, 5.74) is 3.41. The Bertz CT molecular complexity index is 1100. The van der Waals surface area contributed by atoms with Crippen molar-refractivity contribution in [1.29, 1.82) is 5.41 Å². The van der Waals surface area contributed by atoms with Crippen LogP contribution >= 0.6 is 0 Å². The van der Waals surface area contributed by atoms with Crippen LogP contribution in [0.3, 0.4) is 0 Å². The number of furan rings is 1. The van der Waals surface area contributed by atoms with Crippen molar-refractivity contribution in [3.8, 4) is 22.5 Å². The van der Waals surface area contributed by atoms with E-state index in [0.717, 1.165) is 16.7 Å². The fourth-order valence-electron chi connectivity index (χ4n) is 3.06. The Labute approximate surface area is 144 Å². The molecule has 0 saturated carbocycles. The number of rotatable bonds is 3. The van der Waals surface area contributed by atoms with Gasteiger partial charge in [-0.15, -0.1) is 0 Å². The zero-order valence-electron chi connectivity index (χ0n) is 13.9. The van der Waals surface area contributed by atoms with Crippen molar-refractivity contribution in [2.45, 2.75) is 13.3 Å². The van der Waals surface area contributed by atoms with Gasteiger partial charge in [-0.2, -0.15) is 4.98 Å². The Morgan fingerprint density at radius 1 is 1.00 bits per heavy atom. The molecular formula is C20H18N4O. The first kappa shape index (κ1) is 15.2. The minimum absolute atomic E-state index is 0.201. The molecule has 0 aliphatic heterocycles. The second kappa shape index (κ2) is 5.94. The van der Waals surface area contributed by atoms with E-state index in [1.807, 2.05) is 67.6 Å². The summed E-state index contributed by atoms with van der Waals surface area (Å²) < 4.78 is 7.45. The summed E-state index contributed by atoms with van der Waals surface area (Å²) in [5.74, 6) is 7.40. The topological polar surface area (TPSA) is 80.8 Å². The van der Waals surface area contributed by atoms with Crippen LogP contribution < -0.4 is 11.3 Å². The monoisotopic (exact) mass is 330 g/mol. The van der Waals surface area contributed by atoms with Crippen molar-refractivity contribution in [2.24, 2.45) is 0 Å². The molecule has 0 unspecified atom stereocenters. The Morgan fingerprint density at radius 2 is 1.60 bits per heavy atom. The van der Waals surface area contributed by atoms with Crippen molar-refractivity contribution in [3.63, 3.8) is 0 Å². The second-order valence-corrected chi connectivity index (χ2v) is 5.82. The predicted molar refractivity (Wildman–Crippen MR) is 98.3 cm³/mol. The van der Waals surface area contributed by atoms with E-state index in [4.69, 9.17) is 15.7 Å². The summed E-state index contributed by atoms with van der Waals surface area (Å²) in [7, 11) is 0. The van der Waals surface area contributed by atoms with Crippen molar-refractivity contribution >= 4 is 11.1 Å². The molecule has 4 aromatic rings. The van der Waals surface area contributed by atoms with Crippen LogP contribution in [0.1, 0.15) is 12.7 Å². The van der Waals surface area contributed by atoms with Gasteiger partial charge in [0.05, 0.1) is 5.39 Å². The van der Waals surface area contributed by atoms with Crippen LogP contribution in [0, 0.1) is 5.41 Å². The van der Waals surface area contributed by atoms with Gasteiger partial charge in [0.2, 0.25) is 5.71 Å². The zero-order valence-corrected chi connectivity index (χ0v) is 13.9. The van der Waals surface area contributed by atoms with Crippen LogP contribution in [0.4, 0.5) is 0 Å². The molecule has 25 heavy (non-hydrogen) atoms. The third-order valence-corrected chi connectivity index (χ3v) is 4.29. The molecule has 0 aliphatic rings. The van der Waals surface area contributed by atoms with Crippen LogP contribution in [-0.2, 0) is 6.42 Å². The molecule has 5 heteroatoms. The molecular weight excluding hydrogens is 312 g/mol. The number of aryl methyl sites for hydroxylation is 1. The molecule has 0 radical (unpaired) electrons. The average Bonchev–Trinajstić information content (AvgIpc) is 3.05. The van der Waals surface area contributed by atoms with Gasteiger partial charge in [-0.05, 0) is 5.56 Å². The predicted octanol–water partition coefficient (Wildman–Crippen LogP) is 3.72. The molecule has 4 rings (SSSR count). The molecule has 2 heterocycles. The fraction of sp³-hybridized carbons (Fsp3) is 0.100. The molecule has 2 aromatic heterocycles. The number of aromatic nitrogens is 2. The summed E-state index contributed by atoms with van der Waals surface area (Å²) in [5, 5.41) is 9.17. The van der Waals surface area contributed by atoms with Gasteiger partial charge >= 0.3 is 0 Å². The summed E-state index contributed by atoms with van der Waals surface area (Å²) in [6, 6.07) is 19.8. The highest BCUT2D eigenvalue weighted by molar-refractivity contribution is 5.99. The van der Waals surface area contributed by atoms with Crippen LogP contribution in [0.25, 0.3) is 33.6 Å². The first-order valence-electron chi connectivity index (χ1n) is 8.19. The van der Waals surface area contributed by atoms with E-state index in [0.29, 0.717) is 29.1 Å². The maximum Gasteiger partial charge on any atom is 0.232 e. The van der Waals surface area contributed by atoms with E-state index < -0.39 is 0 Å². The lowest BCUT2D eigenvalue weighted by Gasteiger charge is -2.07. The summed E-state index contributed by atoms with van der Waals surface area (Å²) in [6.45, 7) is 1.95. The number of hydrogen-bond acceptors (Lipinski definition) is 4. The quantitative estimate of drug-likeness (QED) is 0.562. The van der Waals surface area contributed by atoms with E-state index in [1.165, 1.54) is 4.68 Å². The maximum absolute atomic E-state index is 8.54. The van der Waals surface area contributed by atoms with E-state index >= 15 is 0 Å². The zero-order chi connectivity index (χ0) is 17.4. The summed E-state index contributed by atoms with van der Waals surface area (Å²) >= 11 is 0. The first-order valence-corrected chi connectivity index (χ1v) is 8.19. The third kappa shape index (κ3) is 2.41. The Morgan fingerprint density at radius 3 is 2.20 bits per heavy atom. The fourth-order valence-corrected chi connectivity index (χ4v) is 3.06. The second-order valence-electron chi connectivity index (χ2n) is 5.82. The molecule has 0 bridgehead atoms. The van der Waals surface area contributed by atoms with E-state index in [-0.39, 0.29) is 5.49 Å². The number of nitrogens with zero attached hydrogens (tertiary/aromatic N) is 2. The minimum atomic E-state index is 0.201. The van der Waals surface area contributed by atoms with Crippen LogP contribution in [0.5, 0.6) is 0 Å². The number of hydrogen-bond donors (Lipinski definition) is 2. The molecule has 5 nitrogen and oxygen atoms in total. The number of fused-ring (bicyclic) bond motifs is 1. The maximum atomic E-state index is 8.54. The third-order valence-electron chi connectivity index (χ3n) is 4.29. The van der Waals surface area contributed by atoms with Gasteiger partial charge in [0.1, 0.15) is 11.6 Å². The molecule has 124 valence electrons. The number of benzene rings is 2. The summed E-state index contributed by atoms with van der Waals surface area (Å²) in [6.07, 6.45) is 0.625. The molecule has 3 N–H and O–H groups in total. The minimum Gasteiger partial charge on any atom is -0.437 e. The van der Waals surface area contributed by atoms with Gasteiger partial charge in [0.15, 0.2) is 5.49 Å². The lowest BCUT2D eigenvalue weighted by Crippen LogP contribution is -2.31. The van der Waals surface area contributed by atoms with E-state index in [2.05, 4.69) is 4.98 Å². The lowest BCUT2D eigenvalue weighted by atomic mass is 10.00. The van der Waals surface area contributed by atoms with Crippen LogP contribution in [0.15, 0.2) is 65.1 Å². The molecule has 0 fully saturated rings. The molecule has 0 atom stereocenters. The highest BCUT2D eigenvalue weighted by Gasteiger charge is 2.21.